The molecule has 0 aromatic heterocycles. The molecule has 0 bridgehead atoms. The highest BCUT2D eigenvalue weighted by molar-refractivity contribution is 6.30. The van der Waals surface area contributed by atoms with Crippen molar-refractivity contribution in [1.82, 2.24) is 14.7 Å². The SMILES string of the molecule is Cc1cc(CN(CC2CCC(C(=O)O)CC2)[C@@H](C)c2ccc(Cl)cc2)ccc1OCCN1C(=O)CN(C)C1=O. The topological polar surface area (TPSA) is 90.4 Å². The molecule has 1 saturated carbocycles. The van der Waals surface area contributed by atoms with Crippen LogP contribution < -0.4 is 4.74 Å². The molecule has 210 valence electrons. The number of aryl methyl sites for hydroxylation is 1. The molecule has 2 aliphatic rings. The Kier molecular flexibility index (Phi) is 9.51. The number of rotatable bonds is 11. The van der Waals surface area contributed by atoms with Crippen molar-refractivity contribution < 1.29 is 24.2 Å². The average molecular weight is 556 g/mol. The summed E-state index contributed by atoms with van der Waals surface area (Å²) in [4.78, 5) is 40.6. The summed E-state index contributed by atoms with van der Waals surface area (Å²) in [6, 6.07) is 14.0. The lowest BCUT2D eigenvalue weighted by Gasteiger charge is -2.35. The number of hydrogen-bond acceptors (Lipinski definition) is 5. The molecule has 39 heavy (non-hydrogen) atoms. The van der Waals surface area contributed by atoms with E-state index in [4.69, 9.17) is 16.3 Å². The Balaban J connectivity index is 1.41. The zero-order valence-corrected chi connectivity index (χ0v) is 23.7. The molecule has 0 spiro atoms. The normalized spacial score (nSPS) is 20.5. The van der Waals surface area contributed by atoms with Gasteiger partial charge in [-0.15, -0.1) is 0 Å². The molecule has 4 rings (SSSR count). The van der Waals surface area contributed by atoms with Gasteiger partial charge >= 0.3 is 12.0 Å². The van der Waals surface area contributed by atoms with E-state index in [0.29, 0.717) is 10.9 Å². The minimum absolute atomic E-state index is 0.110. The molecule has 1 aliphatic carbocycles. The fraction of sp³-hybridized carbons (Fsp3) is 0.500. The molecule has 1 atom stereocenters. The van der Waals surface area contributed by atoms with Gasteiger partial charge in [0.2, 0.25) is 5.91 Å². The van der Waals surface area contributed by atoms with Crippen LogP contribution in [0.1, 0.15) is 55.3 Å². The lowest BCUT2D eigenvalue weighted by Crippen LogP contribution is -2.35. The van der Waals surface area contributed by atoms with Gasteiger partial charge in [-0.3, -0.25) is 19.4 Å². The first-order valence-corrected chi connectivity index (χ1v) is 14.0. The van der Waals surface area contributed by atoms with E-state index in [1.165, 1.54) is 15.4 Å². The zero-order chi connectivity index (χ0) is 28.1. The first kappa shape index (κ1) is 28.9. The van der Waals surface area contributed by atoms with Crippen LogP contribution in [0.2, 0.25) is 5.02 Å². The largest absolute Gasteiger partial charge is 0.491 e. The van der Waals surface area contributed by atoms with Crippen molar-refractivity contribution in [1.29, 1.82) is 0 Å². The molecule has 3 amide bonds. The fourth-order valence-electron chi connectivity index (χ4n) is 5.58. The summed E-state index contributed by atoms with van der Waals surface area (Å²) in [6.07, 6.45) is 3.31. The van der Waals surface area contributed by atoms with Gasteiger partial charge in [-0.25, -0.2) is 4.79 Å². The molecule has 1 N–H and O–H groups in total. The summed E-state index contributed by atoms with van der Waals surface area (Å²) in [6.45, 7) is 6.41. The molecule has 2 aromatic rings. The van der Waals surface area contributed by atoms with Crippen molar-refractivity contribution in [2.75, 3.05) is 33.3 Å². The van der Waals surface area contributed by atoms with Crippen LogP contribution in [0.3, 0.4) is 0 Å². The number of ether oxygens (including phenoxy) is 1. The van der Waals surface area contributed by atoms with Crippen LogP contribution in [-0.4, -0.2) is 71.0 Å². The van der Waals surface area contributed by atoms with E-state index in [-0.39, 0.29) is 43.6 Å². The Morgan fingerprint density at radius 3 is 2.41 bits per heavy atom. The van der Waals surface area contributed by atoms with Gasteiger partial charge in [0.15, 0.2) is 0 Å². The Morgan fingerprint density at radius 1 is 1.13 bits per heavy atom. The quantitative estimate of drug-likeness (QED) is 0.375. The van der Waals surface area contributed by atoms with E-state index < -0.39 is 5.97 Å². The Labute approximate surface area is 235 Å². The number of aliphatic carboxylic acids is 1. The van der Waals surface area contributed by atoms with Crippen molar-refractivity contribution in [3.63, 3.8) is 0 Å². The number of urea groups is 1. The molecule has 0 unspecified atom stereocenters. The maximum Gasteiger partial charge on any atom is 0.327 e. The second-order valence-electron chi connectivity index (χ2n) is 10.8. The van der Waals surface area contributed by atoms with Crippen molar-refractivity contribution in [3.05, 3.63) is 64.2 Å². The number of amides is 3. The highest BCUT2D eigenvalue weighted by atomic mass is 35.5. The molecule has 0 radical (unpaired) electrons. The number of carboxylic acid groups (broad SMARTS) is 1. The standard InChI is InChI=1S/C30H38ClN3O5/c1-20-16-23(6-13-27(20)39-15-14-34-28(35)19-32(3)30(34)38)18-33(21(2)24-9-11-26(31)12-10-24)17-22-4-7-25(8-5-22)29(36)37/h6,9-13,16,21-22,25H,4-5,7-8,14-15,17-19H2,1-3H3,(H,36,37)/t21-,22?,25?/m0/s1. The van der Waals surface area contributed by atoms with Gasteiger partial charge in [0.25, 0.3) is 0 Å². The summed E-state index contributed by atoms with van der Waals surface area (Å²) in [5.41, 5.74) is 3.34. The van der Waals surface area contributed by atoms with E-state index in [2.05, 4.69) is 36.1 Å². The average Bonchev–Trinajstić information content (AvgIpc) is 3.15. The number of halogens is 1. The van der Waals surface area contributed by atoms with Gasteiger partial charge in [0.05, 0.1) is 12.5 Å². The maximum atomic E-state index is 12.1. The molecular weight excluding hydrogens is 518 g/mol. The van der Waals surface area contributed by atoms with Crippen LogP contribution >= 0.6 is 11.6 Å². The van der Waals surface area contributed by atoms with Crippen LogP contribution in [0.25, 0.3) is 0 Å². The first-order valence-electron chi connectivity index (χ1n) is 13.6. The molecular formula is C30H38ClN3O5. The first-order chi connectivity index (χ1) is 18.6. The van der Waals surface area contributed by atoms with E-state index in [0.717, 1.165) is 55.6 Å². The summed E-state index contributed by atoms with van der Waals surface area (Å²) in [5.74, 6) is 0.0823. The van der Waals surface area contributed by atoms with Crippen LogP contribution in [0, 0.1) is 18.8 Å². The lowest BCUT2D eigenvalue weighted by atomic mass is 9.81. The van der Waals surface area contributed by atoms with Crippen molar-refractivity contribution in [2.24, 2.45) is 11.8 Å². The maximum absolute atomic E-state index is 12.1. The molecule has 1 saturated heterocycles. The van der Waals surface area contributed by atoms with Crippen LogP contribution in [0.4, 0.5) is 4.79 Å². The second-order valence-corrected chi connectivity index (χ2v) is 11.3. The third kappa shape index (κ3) is 7.31. The summed E-state index contributed by atoms with van der Waals surface area (Å²) < 4.78 is 5.93. The van der Waals surface area contributed by atoms with Gasteiger partial charge in [0.1, 0.15) is 18.9 Å². The zero-order valence-electron chi connectivity index (χ0n) is 22.9. The van der Waals surface area contributed by atoms with Gasteiger partial charge in [0, 0.05) is 31.2 Å². The molecule has 1 aliphatic heterocycles. The minimum atomic E-state index is -0.677. The Hall–Kier alpha value is -3.10. The second kappa shape index (κ2) is 12.8. The number of nitrogens with zero attached hydrogens (tertiary/aromatic N) is 3. The number of imide groups is 1. The predicted molar refractivity (Wildman–Crippen MR) is 150 cm³/mol. The van der Waals surface area contributed by atoms with E-state index in [9.17, 15) is 19.5 Å². The molecule has 9 heteroatoms. The van der Waals surface area contributed by atoms with E-state index in [1.807, 2.05) is 25.1 Å². The van der Waals surface area contributed by atoms with Gasteiger partial charge in [-0.2, -0.15) is 0 Å². The molecule has 2 aromatic carbocycles. The van der Waals surface area contributed by atoms with Gasteiger partial charge in [-0.05, 0) is 80.3 Å². The van der Waals surface area contributed by atoms with Gasteiger partial charge < -0.3 is 14.7 Å². The molecule has 8 nitrogen and oxygen atoms in total. The number of carbonyl (C=O) groups is 3. The highest BCUT2D eigenvalue weighted by Crippen LogP contribution is 2.33. The summed E-state index contributed by atoms with van der Waals surface area (Å²) >= 11 is 6.13. The number of carboxylic acids is 1. The fourth-order valence-corrected chi connectivity index (χ4v) is 5.70. The van der Waals surface area contributed by atoms with E-state index >= 15 is 0 Å². The minimum Gasteiger partial charge on any atom is -0.491 e. The van der Waals surface area contributed by atoms with Crippen molar-refractivity contribution >= 4 is 29.5 Å². The number of carbonyl (C=O) groups excluding carboxylic acids is 2. The lowest BCUT2D eigenvalue weighted by molar-refractivity contribution is -0.143. The number of benzene rings is 2. The Bertz CT molecular complexity index is 1180. The van der Waals surface area contributed by atoms with Crippen molar-refractivity contribution in [3.8, 4) is 5.75 Å². The van der Waals surface area contributed by atoms with Crippen molar-refractivity contribution in [2.45, 2.75) is 52.1 Å². The predicted octanol–water partition coefficient (Wildman–Crippen LogP) is 5.38. The van der Waals surface area contributed by atoms with Crippen LogP contribution in [0.15, 0.2) is 42.5 Å². The Morgan fingerprint density at radius 2 is 1.82 bits per heavy atom. The van der Waals surface area contributed by atoms with Gasteiger partial charge in [-0.1, -0.05) is 35.9 Å². The van der Waals surface area contributed by atoms with E-state index in [1.54, 1.807) is 7.05 Å². The monoisotopic (exact) mass is 555 g/mol. The third-order valence-corrected chi connectivity index (χ3v) is 8.27. The third-order valence-electron chi connectivity index (χ3n) is 8.02. The molecule has 2 fully saturated rings. The summed E-state index contributed by atoms with van der Waals surface area (Å²) in [5, 5.41) is 10.1. The van der Waals surface area contributed by atoms with Crippen LogP contribution in [-0.2, 0) is 16.1 Å². The number of hydrogen-bond donors (Lipinski definition) is 1. The smallest absolute Gasteiger partial charge is 0.327 e. The summed E-state index contributed by atoms with van der Waals surface area (Å²) in [7, 11) is 1.61. The number of likely N-dealkylation sites (N-methyl/N-ethyl adjacent to an activating group) is 1. The highest BCUT2D eigenvalue weighted by Gasteiger charge is 2.33. The van der Waals surface area contributed by atoms with Crippen LogP contribution in [0.5, 0.6) is 5.75 Å². The molecule has 1 heterocycles.